The summed E-state index contributed by atoms with van der Waals surface area (Å²) in [6.07, 6.45) is 0.469. The molecular formula is C15H24N2O2. The average Bonchev–Trinajstić information content (AvgIpc) is 2.37. The van der Waals surface area contributed by atoms with Gasteiger partial charge in [0.05, 0.1) is 7.11 Å². The minimum atomic E-state index is 0.0851. The molecule has 19 heavy (non-hydrogen) atoms. The van der Waals surface area contributed by atoms with Crippen LogP contribution >= 0.6 is 0 Å². The van der Waals surface area contributed by atoms with Crippen LogP contribution in [0.5, 0.6) is 5.75 Å². The number of rotatable bonds is 5. The Morgan fingerprint density at radius 3 is 2.32 bits per heavy atom. The Labute approximate surface area is 115 Å². The Kier molecular flexibility index (Phi) is 5.36. The van der Waals surface area contributed by atoms with Crippen molar-refractivity contribution in [3.63, 3.8) is 0 Å². The van der Waals surface area contributed by atoms with E-state index in [-0.39, 0.29) is 11.8 Å². The first-order valence-electron chi connectivity index (χ1n) is 6.52. The number of carbonyl (C=O) groups excluding carboxylic acids is 1. The van der Waals surface area contributed by atoms with Crippen LogP contribution in [-0.2, 0) is 4.79 Å². The first kappa shape index (κ1) is 15.5. The van der Waals surface area contributed by atoms with Crippen LogP contribution in [0.15, 0.2) is 12.1 Å². The van der Waals surface area contributed by atoms with E-state index in [2.05, 4.69) is 0 Å². The van der Waals surface area contributed by atoms with Crippen LogP contribution in [0.2, 0.25) is 0 Å². The number of nitrogens with two attached hydrogens (primary N) is 1. The summed E-state index contributed by atoms with van der Waals surface area (Å²) in [5.41, 5.74) is 8.51. The topological polar surface area (TPSA) is 55.6 Å². The molecule has 0 aliphatic rings. The molecule has 1 atom stereocenters. The normalized spacial score (nSPS) is 12.1. The van der Waals surface area contributed by atoms with Crippen molar-refractivity contribution >= 4 is 11.6 Å². The highest BCUT2D eigenvalue weighted by Crippen LogP contribution is 2.28. The van der Waals surface area contributed by atoms with E-state index < -0.39 is 0 Å². The highest BCUT2D eigenvalue weighted by molar-refractivity contribution is 5.93. The lowest BCUT2D eigenvalue weighted by Crippen LogP contribution is -2.29. The summed E-state index contributed by atoms with van der Waals surface area (Å²) in [4.78, 5) is 13.8. The van der Waals surface area contributed by atoms with Gasteiger partial charge in [0.15, 0.2) is 0 Å². The maximum absolute atomic E-state index is 12.1. The fraction of sp³-hybridized carbons (Fsp3) is 0.533. The van der Waals surface area contributed by atoms with Crippen LogP contribution in [0.25, 0.3) is 0 Å². The van der Waals surface area contributed by atoms with E-state index in [4.69, 9.17) is 10.5 Å². The van der Waals surface area contributed by atoms with E-state index >= 15 is 0 Å². The molecule has 0 bridgehead atoms. The molecule has 4 heteroatoms. The Morgan fingerprint density at radius 2 is 1.89 bits per heavy atom. The maximum Gasteiger partial charge on any atom is 0.227 e. The lowest BCUT2D eigenvalue weighted by molar-refractivity contribution is -0.119. The van der Waals surface area contributed by atoms with Crippen molar-refractivity contribution in [3.8, 4) is 5.75 Å². The summed E-state index contributed by atoms with van der Waals surface area (Å²) in [5.74, 6) is 1.16. The summed E-state index contributed by atoms with van der Waals surface area (Å²) >= 11 is 0. The smallest absolute Gasteiger partial charge is 0.227 e. The molecule has 0 spiro atoms. The van der Waals surface area contributed by atoms with E-state index in [9.17, 15) is 4.79 Å². The number of nitrogens with zero attached hydrogens (tertiary/aromatic N) is 1. The van der Waals surface area contributed by atoms with E-state index in [1.807, 2.05) is 32.9 Å². The summed E-state index contributed by atoms with van der Waals surface area (Å²) in [6, 6.07) is 3.94. The Bertz CT molecular complexity index is 434. The van der Waals surface area contributed by atoms with Gasteiger partial charge in [0, 0.05) is 19.2 Å². The van der Waals surface area contributed by atoms with Gasteiger partial charge in [-0.15, -0.1) is 0 Å². The lowest BCUT2D eigenvalue weighted by Gasteiger charge is -2.21. The van der Waals surface area contributed by atoms with Crippen molar-refractivity contribution in [1.29, 1.82) is 0 Å². The monoisotopic (exact) mass is 264 g/mol. The first-order chi connectivity index (χ1) is 8.90. The minimum absolute atomic E-state index is 0.0851. The second-order valence-corrected chi connectivity index (χ2v) is 5.11. The number of benzene rings is 1. The van der Waals surface area contributed by atoms with Gasteiger partial charge in [-0.2, -0.15) is 0 Å². The van der Waals surface area contributed by atoms with E-state index in [1.165, 1.54) is 0 Å². The predicted octanol–water partition coefficient (Wildman–Crippen LogP) is 2.26. The van der Waals surface area contributed by atoms with E-state index in [0.717, 1.165) is 22.6 Å². The van der Waals surface area contributed by atoms with Gasteiger partial charge in [0.1, 0.15) is 5.75 Å². The molecule has 4 nitrogen and oxygen atoms in total. The minimum Gasteiger partial charge on any atom is -0.496 e. The molecule has 1 aromatic carbocycles. The van der Waals surface area contributed by atoms with Gasteiger partial charge >= 0.3 is 0 Å². The summed E-state index contributed by atoms with van der Waals surface area (Å²) in [7, 11) is 3.46. The third-order valence-corrected chi connectivity index (χ3v) is 3.34. The molecule has 0 saturated carbocycles. The van der Waals surface area contributed by atoms with Crippen LogP contribution in [0, 0.1) is 19.8 Å². The number of methoxy groups -OCH3 is 1. The molecule has 0 heterocycles. The molecule has 2 N–H and O–H groups in total. The zero-order chi connectivity index (χ0) is 14.6. The van der Waals surface area contributed by atoms with Gasteiger partial charge in [-0.3, -0.25) is 4.79 Å². The maximum atomic E-state index is 12.1. The first-order valence-corrected chi connectivity index (χ1v) is 6.52. The predicted molar refractivity (Wildman–Crippen MR) is 78.7 cm³/mol. The van der Waals surface area contributed by atoms with Crippen LogP contribution in [0.4, 0.5) is 5.69 Å². The number of aryl methyl sites for hydroxylation is 2. The molecule has 106 valence electrons. The Balaban J connectivity index is 2.94. The molecule has 0 radical (unpaired) electrons. The van der Waals surface area contributed by atoms with Crippen LogP contribution in [-0.4, -0.2) is 26.6 Å². The zero-order valence-electron chi connectivity index (χ0n) is 12.5. The fourth-order valence-corrected chi connectivity index (χ4v) is 2.11. The highest BCUT2D eigenvalue weighted by atomic mass is 16.5. The zero-order valence-corrected chi connectivity index (χ0v) is 12.5. The van der Waals surface area contributed by atoms with Gasteiger partial charge in [-0.05, 0) is 49.6 Å². The van der Waals surface area contributed by atoms with Crippen molar-refractivity contribution in [2.45, 2.75) is 27.2 Å². The van der Waals surface area contributed by atoms with Gasteiger partial charge in [-0.1, -0.05) is 6.92 Å². The van der Waals surface area contributed by atoms with Gasteiger partial charge in [0.2, 0.25) is 5.91 Å². The standard InChI is InChI=1S/C15H24N2O2/c1-10(9-16)6-14(18)17(4)13-7-11(2)15(19-5)12(3)8-13/h7-8,10H,6,9,16H2,1-5H3. The van der Waals surface area contributed by atoms with Gasteiger partial charge in [0.25, 0.3) is 0 Å². The Morgan fingerprint density at radius 1 is 1.37 bits per heavy atom. The summed E-state index contributed by atoms with van der Waals surface area (Å²) in [6.45, 7) is 6.48. The van der Waals surface area contributed by atoms with Crippen LogP contribution < -0.4 is 15.4 Å². The SMILES string of the molecule is COc1c(C)cc(N(C)C(=O)CC(C)CN)cc1C. The molecule has 0 aromatic heterocycles. The number of amides is 1. The molecule has 0 saturated heterocycles. The highest BCUT2D eigenvalue weighted by Gasteiger charge is 2.16. The second-order valence-electron chi connectivity index (χ2n) is 5.11. The number of carbonyl (C=O) groups is 1. The van der Waals surface area contributed by atoms with Crippen molar-refractivity contribution in [2.75, 3.05) is 25.6 Å². The number of hydrogen-bond acceptors (Lipinski definition) is 3. The van der Waals surface area contributed by atoms with Crippen LogP contribution in [0.1, 0.15) is 24.5 Å². The summed E-state index contributed by atoms with van der Waals surface area (Å²) < 4.78 is 5.33. The lowest BCUT2D eigenvalue weighted by atomic mass is 10.1. The number of hydrogen-bond donors (Lipinski definition) is 1. The second kappa shape index (κ2) is 6.57. The average molecular weight is 264 g/mol. The van der Waals surface area contributed by atoms with E-state index in [1.54, 1.807) is 19.1 Å². The van der Waals surface area contributed by atoms with Gasteiger partial charge in [-0.25, -0.2) is 0 Å². The molecular weight excluding hydrogens is 240 g/mol. The van der Waals surface area contributed by atoms with Crippen molar-refractivity contribution in [3.05, 3.63) is 23.3 Å². The third kappa shape index (κ3) is 3.70. The molecule has 0 aliphatic carbocycles. The van der Waals surface area contributed by atoms with Crippen molar-refractivity contribution < 1.29 is 9.53 Å². The van der Waals surface area contributed by atoms with Gasteiger partial charge < -0.3 is 15.4 Å². The molecule has 1 aromatic rings. The number of anilines is 1. The van der Waals surface area contributed by atoms with Crippen LogP contribution in [0.3, 0.4) is 0 Å². The largest absolute Gasteiger partial charge is 0.496 e. The summed E-state index contributed by atoms with van der Waals surface area (Å²) in [5, 5.41) is 0. The number of ether oxygens (including phenoxy) is 1. The van der Waals surface area contributed by atoms with Crippen molar-refractivity contribution in [2.24, 2.45) is 11.7 Å². The van der Waals surface area contributed by atoms with E-state index in [0.29, 0.717) is 13.0 Å². The fourth-order valence-electron chi connectivity index (χ4n) is 2.11. The quantitative estimate of drug-likeness (QED) is 0.887. The molecule has 0 fully saturated rings. The Hall–Kier alpha value is -1.55. The molecule has 1 amide bonds. The third-order valence-electron chi connectivity index (χ3n) is 3.34. The molecule has 1 unspecified atom stereocenters. The molecule has 0 aliphatic heterocycles. The molecule has 1 rings (SSSR count). The van der Waals surface area contributed by atoms with Crippen molar-refractivity contribution in [1.82, 2.24) is 0 Å².